The maximum absolute atomic E-state index is 5.88. The lowest BCUT2D eigenvalue weighted by Crippen LogP contribution is -2.41. The molecule has 2 aromatic rings. The SMILES string of the molecule is CN=C(NCc1nc(-c2ccc(Cl)cc2)no1)NC1CCCC1. The number of aliphatic imine (C=N–C) groups is 1. The van der Waals surface area contributed by atoms with Crippen LogP contribution in [0, 0.1) is 0 Å². The number of aromatic nitrogens is 2. The van der Waals surface area contributed by atoms with Crippen LogP contribution in [0.15, 0.2) is 33.8 Å². The number of nitrogens with one attached hydrogen (secondary N) is 2. The molecular weight excluding hydrogens is 314 g/mol. The Morgan fingerprint density at radius 2 is 2.04 bits per heavy atom. The minimum atomic E-state index is 0.437. The van der Waals surface area contributed by atoms with Crippen molar-refractivity contribution in [2.24, 2.45) is 4.99 Å². The maximum Gasteiger partial charge on any atom is 0.246 e. The van der Waals surface area contributed by atoms with Gasteiger partial charge in [0, 0.05) is 23.7 Å². The molecule has 0 unspecified atom stereocenters. The first-order chi connectivity index (χ1) is 11.2. The minimum Gasteiger partial charge on any atom is -0.354 e. The maximum atomic E-state index is 5.88. The zero-order chi connectivity index (χ0) is 16.1. The van der Waals surface area contributed by atoms with Crippen LogP contribution in [0.4, 0.5) is 0 Å². The van der Waals surface area contributed by atoms with Crippen LogP contribution in [0.2, 0.25) is 5.02 Å². The fraction of sp³-hybridized carbons (Fsp3) is 0.438. The highest BCUT2D eigenvalue weighted by atomic mass is 35.5. The lowest BCUT2D eigenvalue weighted by atomic mass is 10.2. The standard InChI is InChI=1S/C16H20ClN5O/c1-18-16(20-13-4-2-3-5-13)19-10-14-21-15(22-23-14)11-6-8-12(17)9-7-11/h6-9,13H,2-5,10H2,1H3,(H2,18,19,20). The van der Waals surface area contributed by atoms with Crippen molar-refractivity contribution in [2.75, 3.05) is 7.05 Å². The summed E-state index contributed by atoms with van der Waals surface area (Å²) in [5.74, 6) is 1.84. The van der Waals surface area contributed by atoms with Crippen molar-refractivity contribution < 1.29 is 4.52 Å². The van der Waals surface area contributed by atoms with Crippen molar-refractivity contribution in [3.8, 4) is 11.4 Å². The van der Waals surface area contributed by atoms with Crippen LogP contribution in [0.5, 0.6) is 0 Å². The smallest absolute Gasteiger partial charge is 0.246 e. The van der Waals surface area contributed by atoms with Gasteiger partial charge in [0.25, 0.3) is 0 Å². The highest BCUT2D eigenvalue weighted by molar-refractivity contribution is 6.30. The van der Waals surface area contributed by atoms with E-state index in [9.17, 15) is 0 Å². The number of halogens is 1. The van der Waals surface area contributed by atoms with Gasteiger partial charge in [0.2, 0.25) is 11.7 Å². The molecule has 2 N–H and O–H groups in total. The van der Waals surface area contributed by atoms with E-state index in [2.05, 4.69) is 25.8 Å². The summed E-state index contributed by atoms with van der Waals surface area (Å²) in [4.78, 5) is 8.61. The monoisotopic (exact) mass is 333 g/mol. The number of nitrogens with zero attached hydrogens (tertiary/aromatic N) is 3. The summed E-state index contributed by atoms with van der Waals surface area (Å²) in [6.45, 7) is 0.437. The summed E-state index contributed by atoms with van der Waals surface area (Å²) in [5, 5.41) is 11.3. The van der Waals surface area contributed by atoms with Crippen LogP contribution in [0.1, 0.15) is 31.6 Å². The van der Waals surface area contributed by atoms with E-state index in [1.54, 1.807) is 19.2 Å². The van der Waals surface area contributed by atoms with E-state index in [1.807, 2.05) is 12.1 Å². The molecule has 1 fully saturated rings. The van der Waals surface area contributed by atoms with Gasteiger partial charge in [-0.1, -0.05) is 29.6 Å². The zero-order valence-electron chi connectivity index (χ0n) is 13.1. The van der Waals surface area contributed by atoms with Crippen molar-refractivity contribution in [2.45, 2.75) is 38.3 Å². The molecule has 6 nitrogen and oxygen atoms in total. The summed E-state index contributed by atoms with van der Waals surface area (Å²) in [5.41, 5.74) is 0.873. The average molecular weight is 334 g/mol. The van der Waals surface area contributed by atoms with Crippen LogP contribution in [-0.2, 0) is 6.54 Å². The Hall–Kier alpha value is -2.08. The predicted octanol–water partition coefficient (Wildman–Crippen LogP) is 3.00. The van der Waals surface area contributed by atoms with Gasteiger partial charge in [-0.3, -0.25) is 4.99 Å². The Labute approximate surface area is 140 Å². The van der Waals surface area contributed by atoms with E-state index in [0.717, 1.165) is 11.5 Å². The number of hydrogen-bond donors (Lipinski definition) is 2. The molecule has 0 atom stereocenters. The van der Waals surface area contributed by atoms with E-state index in [4.69, 9.17) is 16.1 Å². The van der Waals surface area contributed by atoms with E-state index < -0.39 is 0 Å². The molecule has 122 valence electrons. The van der Waals surface area contributed by atoms with E-state index in [0.29, 0.717) is 29.3 Å². The van der Waals surface area contributed by atoms with E-state index >= 15 is 0 Å². The Bertz CT molecular complexity index is 661. The van der Waals surface area contributed by atoms with E-state index in [1.165, 1.54) is 25.7 Å². The van der Waals surface area contributed by atoms with Crippen molar-refractivity contribution in [3.63, 3.8) is 0 Å². The number of guanidine groups is 1. The van der Waals surface area contributed by atoms with Crippen LogP contribution in [0.3, 0.4) is 0 Å². The molecule has 0 saturated heterocycles. The van der Waals surface area contributed by atoms with Gasteiger partial charge in [-0.15, -0.1) is 0 Å². The van der Waals surface area contributed by atoms with Crippen molar-refractivity contribution in [1.29, 1.82) is 0 Å². The molecule has 0 bridgehead atoms. The third-order valence-electron chi connectivity index (χ3n) is 3.90. The zero-order valence-corrected chi connectivity index (χ0v) is 13.8. The molecule has 0 aliphatic heterocycles. The molecule has 0 radical (unpaired) electrons. The first-order valence-corrected chi connectivity index (χ1v) is 8.18. The first-order valence-electron chi connectivity index (χ1n) is 7.80. The molecular formula is C16H20ClN5O. The average Bonchev–Trinajstić information content (AvgIpc) is 3.24. The van der Waals surface area contributed by atoms with Crippen LogP contribution in [-0.4, -0.2) is 29.2 Å². The molecule has 23 heavy (non-hydrogen) atoms. The van der Waals surface area contributed by atoms with Crippen LogP contribution >= 0.6 is 11.6 Å². The molecule has 1 saturated carbocycles. The Balaban J connectivity index is 1.57. The molecule has 3 rings (SSSR count). The summed E-state index contributed by atoms with van der Waals surface area (Å²) in [6.07, 6.45) is 4.95. The second-order valence-corrected chi connectivity index (χ2v) is 6.01. The van der Waals surface area contributed by atoms with Crippen LogP contribution in [0.25, 0.3) is 11.4 Å². The molecule has 1 heterocycles. The molecule has 1 aliphatic rings. The molecule has 7 heteroatoms. The number of hydrogen-bond acceptors (Lipinski definition) is 4. The summed E-state index contributed by atoms with van der Waals surface area (Å²) in [7, 11) is 1.76. The third kappa shape index (κ3) is 4.22. The van der Waals surface area contributed by atoms with Gasteiger partial charge in [-0.2, -0.15) is 4.98 Å². The summed E-state index contributed by atoms with van der Waals surface area (Å²) in [6, 6.07) is 7.85. The fourth-order valence-electron chi connectivity index (χ4n) is 2.66. The molecule has 1 aliphatic carbocycles. The molecule has 1 aromatic heterocycles. The van der Waals surface area contributed by atoms with Gasteiger partial charge in [-0.05, 0) is 37.1 Å². The molecule has 1 aromatic carbocycles. The van der Waals surface area contributed by atoms with Gasteiger partial charge in [0.1, 0.15) is 0 Å². The Kier molecular flexibility index (Phi) is 5.12. The Morgan fingerprint density at radius 1 is 1.30 bits per heavy atom. The first kappa shape index (κ1) is 15.8. The quantitative estimate of drug-likeness (QED) is 0.664. The largest absolute Gasteiger partial charge is 0.354 e. The van der Waals surface area contributed by atoms with Gasteiger partial charge in [0.15, 0.2) is 5.96 Å². The fourth-order valence-corrected chi connectivity index (χ4v) is 2.79. The lowest BCUT2D eigenvalue weighted by Gasteiger charge is -2.15. The molecule has 0 spiro atoms. The van der Waals surface area contributed by atoms with Crippen LogP contribution < -0.4 is 10.6 Å². The number of benzene rings is 1. The summed E-state index contributed by atoms with van der Waals surface area (Å²) >= 11 is 5.88. The molecule has 0 amide bonds. The predicted molar refractivity (Wildman–Crippen MR) is 90.3 cm³/mol. The van der Waals surface area contributed by atoms with E-state index in [-0.39, 0.29) is 0 Å². The van der Waals surface area contributed by atoms with Gasteiger partial charge < -0.3 is 15.2 Å². The lowest BCUT2D eigenvalue weighted by molar-refractivity contribution is 0.375. The highest BCUT2D eigenvalue weighted by Crippen LogP contribution is 2.19. The van der Waals surface area contributed by atoms with Crippen molar-refractivity contribution in [1.82, 2.24) is 20.8 Å². The van der Waals surface area contributed by atoms with Crippen molar-refractivity contribution in [3.05, 3.63) is 35.2 Å². The number of rotatable bonds is 4. The minimum absolute atomic E-state index is 0.437. The summed E-state index contributed by atoms with van der Waals surface area (Å²) < 4.78 is 5.27. The highest BCUT2D eigenvalue weighted by Gasteiger charge is 2.16. The third-order valence-corrected chi connectivity index (χ3v) is 4.15. The van der Waals surface area contributed by atoms with Crippen molar-refractivity contribution >= 4 is 17.6 Å². The second kappa shape index (κ2) is 7.46. The second-order valence-electron chi connectivity index (χ2n) is 5.57. The normalized spacial score (nSPS) is 15.8. The topological polar surface area (TPSA) is 75.3 Å². The Morgan fingerprint density at radius 3 is 2.74 bits per heavy atom. The van der Waals surface area contributed by atoms with Gasteiger partial charge >= 0.3 is 0 Å². The van der Waals surface area contributed by atoms with Gasteiger partial charge in [0.05, 0.1) is 6.54 Å². The van der Waals surface area contributed by atoms with Gasteiger partial charge in [-0.25, -0.2) is 0 Å².